The van der Waals surface area contributed by atoms with Crippen LogP contribution in [0, 0.1) is 0 Å². The van der Waals surface area contributed by atoms with E-state index in [1.54, 1.807) is 12.4 Å². The van der Waals surface area contributed by atoms with Gasteiger partial charge in [-0.1, -0.05) is 11.3 Å². The third-order valence-electron chi connectivity index (χ3n) is 2.97. The molecule has 0 unspecified atom stereocenters. The molecular weight excluding hydrogens is 290 g/mol. The van der Waals surface area contributed by atoms with Gasteiger partial charge in [-0.05, 0) is 24.1 Å². The van der Waals surface area contributed by atoms with Gasteiger partial charge < -0.3 is 14.7 Å². The molecular formula is C14H17N3O3S. The highest BCUT2D eigenvalue weighted by Gasteiger charge is 2.19. The van der Waals surface area contributed by atoms with Gasteiger partial charge in [0.05, 0.1) is 12.3 Å². The standard InChI is InChI=1S/C14H17N3O3S/c1-17(8-5-10-3-6-15-7-4-10)14-16-11(9-20-2)12(21-14)13(18)19/h3-4,6-7H,5,8-9H2,1-2H3,(H,18,19). The van der Waals surface area contributed by atoms with Crippen LogP contribution in [0.2, 0.25) is 0 Å². The number of likely N-dealkylation sites (N-methyl/N-ethyl adjacent to an activating group) is 1. The number of pyridine rings is 1. The van der Waals surface area contributed by atoms with Crippen molar-refractivity contribution in [3.8, 4) is 0 Å². The van der Waals surface area contributed by atoms with Crippen molar-refractivity contribution >= 4 is 22.4 Å². The minimum Gasteiger partial charge on any atom is -0.477 e. The van der Waals surface area contributed by atoms with E-state index in [1.165, 1.54) is 24.0 Å². The zero-order valence-electron chi connectivity index (χ0n) is 11.9. The van der Waals surface area contributed by atoms with Crippen LogP contribution >= 0.6 is 11.3 Å². The molecule has 2 rings (SSSR count). The second-order valence-corrected chi connectivity index (χ2v) is 5.51. The van der Waals surface area contributed by atoms with E-state index in [2.05, 4.69) is 9.97 Å². The summed E-state index contributed by atoms with van der Waals surface area (Å²) in [5.74, 6) is -0.965. The summed E-state index contributed by atoms with van der Waals surface area (Å²) in [6, 6.07) is 3.93. The Morgan fingerprint density at radius 3 is 2.76 bits per heavy atom. The number of aromatic nitrogens is 2. The summed E-state index contributed by atoms with van der Waals surface area (Å²) < 4.78 is 5.00. The lowest BCUT2D eigenvalue weighted by atomic mass is 10.2. The molecule has 7 heteroatoms. The molecule has 0 aliphatic rings. The van der Waals surface area contributed by atoms with Crippen LogP contribution in [0.5, 0.6) is 0 Å². The van der Waals surface area contributed by atoms with Crippen molar-refractivity contribution < 1.29 is 14.6 Å². The molecule has 0 amide bonds. The van der Waals surface area contributed by atoms with Gasteiger partial charge in [0.15, 0.2) is 5.13 Å². The molecule has 0 aliphatic carbocycles. The van der Waals surface area contributed by atoms with Crippen LogP contribution < -0.4 is 4.90 Å². The SMILES string of the molecule is COCc1nc(N(C)CCc2ccncc2)sc1C(=O)O. The molecule has 0 aliphatic heterocycles. The Hall–Kier alpha value is -1.99. The molecule has 21 heavy (non-hydrogen) atoms. The number of nitrogens with zero attached hydrogens (tertiary/aromatic N) is 3. The minimum absolute atomic E-state index is 0.205. The Morgan fingerprint density at radius 1 is 1.43 bits per heavy atom. The van der Waals surface area contributed by atoms with Crippen LogP contribution in [0.15, 0.2) is 24.5 Å². The Morgan fingerprint density at radius 2 is 2.14 bits per heavy atom. The van der Waals surface area contributed by atoms with Crippen LogP contribution in [0.4, 0.5) is 5.13 Å². The average Bonchev–Trinajstić information content (AvgIpc) is 2.90. The third kappa shape index (κ3) is 3.99. The zero-order valence-corrected chi connectivity index (χ0v) is 12.8. The van der Waals surface area contributed by atoms with Crippen LogP contribution in [0.3, 0.4) is 0 Å². The normalized spacial score (nSPS) is 10.6. The van der Waals surface area contributed by atoms with Crippen molar-refractivity contribution in [1.82, 2.24) is 9.97 Å². The Balaban J connectivity index is 2.06. The fourth-order valence-corrected chi connectivity index (χ4v) is 2.74. The quantitative estimate of drug-likeness (QED) is 0.844. The summed E-state index contributed by atoms with van der Waals surface area (Å²) in [6.45, 7) is 0.958. The van der Waals surface area contributed by atoms with E-state index in [9.17, 15) is 9.90 Å². The molecule has 0 atom stereocenters. The molecule has 2 heterocycles. The summed E-state index contributed by atoms with van der Waals surface area (Å²) in [7, 11) is 3.43. The Labute approximate surface area is 127 Å². The first kappa shape index (κ1) is 15.4. The predicted octanol–water partition coefficient (Wildman–Crippen LogP) is 2.06. The molecule has 0 saturated heterocycles. The number of carboxylic acids is 1. The summed E-state index contributed by atoms with van der Waals surface area (Å²) in [5, 5.41) is 9.87. The number of thiazole rings is 1. The third-order valence-corrected chi connectivity index (χ3v) is 4.17. The first-order valence-electron chi connectivity index (χ1n) is 6.43. The van der Waals surface area contributed by atoms with Crippen molar-refractivity contribution in [3.63, 3.8) is 0 Å². The first-order chi connectivity index (χ1) is 10.1. The van der Waals surface area contributed by atoms with Crippen LogP contribution in [-0.4, -0.2) is 41.7 Å². The van der Waals surface area contributed by atoms with E-state index < -0.39 is 5.97 Å². The van der Waals surface area contributed by atoms with Gasteiger partial charge in [-0.2, -0.15) is 0 Å². The van der Waals surface area contributed by atoms with Crippen molar-refractivity contribution in [3.05, 3.63) is 40.7 Å². The molecule has 6 nitrogen and oxygen atoms in total. The summed E-state index contributed by atoms with van der Waals surface area (Å²) in [6.07, 6.45) is 4.37. The second kappa shape index (κ2) is 7.14. The number of rotatable bonds is 7. The van der Waals surface area contributed by atoms with Crippen molar-refractivity contribution in [2.75, 3.05) is 25.6 Å². The monoisotopic (exact) mass is 307 g/mol. The predicted molar refractivity (Wildman–Crippen MR) is 81.0 cm³/mol. The van der Waals surface area contributed by atoms with Gasteiger partial charge in [-0.15, -0.1) is 0 Å². The number of ether oxygens (including phenoxy) is 1. The van der Waals surface area contributed by atoms with Crippen molar-refractivity contribution in [2.24, 2.45) is 0 Å². The smallest absolute Gasteiger partial charge is 0.347 e. The molecule has 0 spiro atoms. The molecule has 0 bridgehead atoms. The second-order valence-electron chi connectivity index (χ2n) is 4.54. The van der Waals surface area contributed by atoms with E-state index in [0.29, 0.717) is 10.8 Å². The van der Waals surface area contributed by atoms with E-state index >= 15 is 0 Å². The molecule has 0 radical (unpaired) electrons. The summed E-state index contributed by atoms with van der Waals surface area (Å²) in [4.78, 5) is 21.7. The lowest BCUT2D eigenvalue weighted by Crippen LogP contribution is -2.20. The average molecular weight is 307 g/mol. The van der Waals surface area contributed by atoms with Crippen LogP contribution in [0.1, 0.15) is 20.9 Å². The molecule has 112 valence electrons. The number of aromatic carboxylic acids is 1. The Kier molecular flexibility index (Phi) is 5.24. The lowest BCUT2D eigenvalue weighted by Gasteiger charge is -2.15. The van der Waals surface area contributed by atoms with E-state index in [-0.39, 0.29) is 11.5 Å². The van der Waals surface area contributed by atoms with Gasteiger partial charge >= 0.3 is 5.97 Å². The number of hydrogen-bond donors (Lipinski definition) is 1. The number of carbonyl (C=O) groups is 1. The highest BCUT2D eigenvalue weighted by molar-refractivity contribution is 7.17. The lowest BCUT2D eigenvalue weighted by molar-refractivity contribution is 0.0697. The topological polar surface area (TPSA) is 75.5 Å². The van der Waals surface area contributed by atoms with Gasteiger partial charge in [-0.25, -0.2) is 9.78 Å². The summed E-state index contributed by atoms with van der Waals surface area (Å²) in [5.41, 5.74) is 1.66. The maximum absolute atomic E-state index is 11.2. The molecule has 2 aromatic rings. The zero-order chi connectivity index (χ0) is 15.2. The summed E-state index contributed by atoms with van der Waals surface area (Å²) >= 11 is 1.17. The number of anilines is 1. The van der Waals surface area contributed by atoms with Gasteiger partial charge in [0, 0.05) is 33.1 Å². The largest absolute Gasteiger partial charge is 0.477 e. The maximum Gasteiger partial charge on any atom is 0.347 e. The van der Waals surface area contributed by atoms with Crippen molar-refractivity contribution in [1.29, 1.82) is 0 Å². The van der Waals surface area contributed by atoms with E-state index in [0.717, 1.165) is 13.0 Å². The molecule has 0 fully saturated rings. The molecule has 2 aromatic heterocycles. The molecule has 1 N–H and O–H groups in total. The molecule has 0 aromatic carbocycles. The number of carboxylic acid groups (broad SMARTS) is 1. The highest BCUT2D eigenvalue weighted by Crippen LogP contribution is 2.26. The van der Waals surface area contributed by atoms with E-state index in [4.69, 9.17) is 4.74 Å². The maximum atomic E-state index is 11.2. The van der Waals surface area contributed by atoms with Crippen molar-refractivity contribution in [2.45, 2.75) is 13.0 Å². The van der Waals surface area contributed by atoms with Gasteiger partial charge in [-0.3, -0.25) is 4.98 Å². The fraction of sp³-hybridized carbons (Fsp3) is 0.357. The fourth-order valence-electron chi connectivity index (χ4n) is 1.85. The first-order valence-corrected chi connectivity index (χ1v) is 7.25. The van der Waals surface area contributed by atoms with Gasteiger partial charge in [0.2, 0.25) is 0 Å². The number of methoxy groups -OCH3 is 1. The minimum atomic E-state index is -0.965. The molecule has 0 saturated carbocycles. The van der Waals surface area contributed by atoms with Gasteiger partial charge in [0.1, 0.15) is 4.88 Å². The highest BCUT2D eigenvalue weighted by atomic mass is 32.1. The van der Waals surface area contributed by atoms with Crippen LogP contribution in [0.25, 0.3) is 0 Å². The van der Waals surface area contributed by atoms with Crippen LogP contribution in [-0.2, 0) is 17.8 Å². The van der Waals surface area contributed by atoms with E-state index in [1.807, 2.05) is 24.1 Å². The number of hydrogen-bond acceptors (Lipinski definition) is 6. The Bertz CT molecular complexity index is 601. The van der Waals surface area contributed by atoms with Gasteiger partial charge in [0.25, 0.3) is 0 Å².